The van der Waals surface area contributed by atoms with E-state index >= 15 is 0 Å². The molecule has 2 fully saturated rings. The smallest absolute Gasteiger partial charge is 0.120 e. The van der Waals surface area contributed by atoms with Crippen molar-refractivity contribution in [2.75, 3.05) is 51.3 Å². The normalized spacial score (nSPS) is 24.1. The van der Waals surface area contributed by atoms with Crippen LogP contribution in [0.3, 0.4) is 0 Å². The average Bonchev–Trinajstić information content (AvgIpc) is 3.01. The minimum Gasteiger partial charge on any atom is -0.497 e. The summed E-state index contributed by atoms with van der Waals surface area (Å²) in [4.78, 5) is 5.06. The van der Waals surface area contributed by atoms with Gasteiger partial charge in [0, 0.05) is 50.5 Å². The van der Waals surface area contributed by atoms with Crippen molar-refractivity contribution in [3.8, 4) is 5.75 Å². The van der Waals surface area contributed by atoms with Crippen molar-refractivity contribution in [2.24, 2.45) is 0 Å². The molecule has 0 saturated carbocycles. The third-order valence-corrected chi connectivity index (χ3v) is 4.43. The van der Waals surface area contributed by atoms with Crippen LogP contribution in [0.15, 0.2) is 24.3 Å². The highest BCUT2D eigenvalue weighted by Gasteiger charge is 2.22. The van der Waals surface area contributed by atoms with Crippen LogP contribution in [0, 0.1) is 0 Å². The van der Waals surface area contributed by atoms with Crippen LogP contribution in [0.2, 0.25) is 0 Å². The summed E-state index contributed by atoms with van der Waals surface area (Å²) in [5.41, 5.74) is 1.28. The van der Waals surface area contributed by atoms with Gasteiger partial charge in [0.2, 0.25) is 0 Å². The number of benzene rings is 1. The molecule has 0 bridgehead atoms. The molecular formula is C16H25N3O. The topological polar surface area (TPSA) is 27.7 Å². The predicted molar refractivity (Wildman–Crippen MR) is 82.7 cm³/mol. The molecule has 110 valence electrons. The highest BCUT2D eigenvalue weighted by molar-refractivity contribution is 5.51. The maximum absolute atomic E-state index is 5.31. The van der Waals surface area contributed by atoms with Crippen LogP contribution in [0.25, 0.3) is 0 Å². The van der Waals surface area contributed by atoms with Gasteiger partial charge in [-0.05, 0) is 31.5 Å². The molecule has 2 heterocycles. The zero-order chi connectivity index (χ0) is 13.8. The Morgan fingerprint density at radius 3 is 2.80 bits per heavy atom. The molecule has 1 N–H and O–H groups in total. The van der Waals surface area contributed by atoms with E-state index in [4.69, 9.17) is 4.74 Å². The summed E-state index contributed by atoms with van der Waals surface area (Å²) in [5, 5.41) is 3.59. The number of nitrogens with one attached hydrogen (secondary N) is 1. The summed E-state index contributed by atoms with van der Waals surface area (Å²) in [5.74, 6) is 0.945. The highest BCUT2D eigenvalue weighted by atomic mass is 16.5. The van der Waals surface area contributed by atoms with Gasteiger partial charge in [-0.3, -0.25) is 4.90 Å². The Hall–Kier alpha value is -1.26. The fourth-order valence-corrected chi connectivity index (χ4v) is 3.22. The van der Waals surface area contributed by atoms with E-state index in [9.17, 15) is 0 Å². The lowest BCUT2D eigenvalue weighted by Gasteiger charge is -2.37. The number of methoxy groups -OCH3 is 1. The SMILES string of the molecule is COc1cccc(N2CCN(CC3CCCN3)CC2)c1. The highest BCUT2D eigenvalue weighted by Crippen LogP contribution is 2.22. The summed E-state index contributed by atoms with van der Waals surface area (Å²) in [7, 11) is 1.73. The van der Waals surface area contributed by atoms with Gasteiger partial charge in [-0.25, -0.2) is 0 Å². The predicted octanol–water partition coefficient (Wildman–Crippen LogP) is 1.57. The zero-order valence-corrected chi connectivity index (χ0v) is 12.3. The van der Waals surface area contributed by atoms with Crippen molar-refractivity contribution in [3.63, 3.8) is 0 Å². The Bertz CT molecular complexity index is 423. The van der Waals surface area contributed by atoms with Crippen LogP contribution in [0.1, 0.15) is 12.8 Å². The Kier molecular flexibility index (Phi) is 4.43. The number of ether oxygens (including phenoxy) is 1. The van der Waals surface area contributed by atoms with E-state index in [0.29, 0.717) is 0 Å². The van der Waals surface area contributed by atoms with Crippen molar-refractivity contribution < 1.29 is 4.74 Å². The maximum Gasteiger partial charge on any atom is 0.120 e. The molecule has 0 aromatic heterocycles. The molecule has 2 saturated heterocycles. The molecule has 1 aromatic carbocycles. The van der Waals surface area contributed by atoms with Crippen molar-refractivity contribution in [1.29, 1.82) is 0 Å². The Labute approximate surface area is 121 Å². The molecule has 3 rings (SSSR count). The second-order valence-corrected chi connectivity index (χ2v) is 5.78. The molecule has 1 aromatic rings. The van der Waals surface area contributed by atoms with Crippen molar-refractivity contribution >= 4 is 5.69 Å². The summed E-state index contributed by atoms with van der Waals surface area (Å²) in [6, 6.07) is 9.11. The minimum absolute atomic E-state index is 0.721. The van der Waals surface area contributed by atoms with Gasteiger partial charge in [0.15, 0.2) is 0 Å². The summed E-state index contributed by atoms with van der Waals surface area (Å²) < 4.78 is 5.31. The van der Waals surface area contributed by atoms with E-state index in [2.05, 4.69) is 33.3 Å². The molecule has 2 aliphatic rings. The number of rotatable bonds is 4. The van der Waals surface area contributed by atoms with Crippen molar-refractivity contribution in [2.45, 2.75) is 18.9 Å². The van der Waals surface area contributed by atoms with Crippen LogP contribution >= 0.6 is 0 Å². The number of hydrogen-bond acceptors (Lipinski definition) is 4. The number of anilines is 1. The molecule has 0 radical (unpaired) electrons. The molecule has 0 spiro atoms. The van der Waals surface area contributed by atoms with Gasteiger partial charge in [0.25, 0.3) is 0 Å². The fourth-order valence-electron chi connectivity index (χ4n) is 3.22. The van der Waals surface area contributed by atoms with Crippen LogP contribution < -0.4 is 15.0 Å². The van der Waals surface area contributed by atoms with E-state index in [1.54, 1.807) is 7.11 Å². The number of nitrogens with zero attached hydrogens (tertiary/aromatic N) is 2. The molecule has 1 unspecified atom stereocenters. The van der Waals surface area contributed by atoms with Crippen LogP contribution in [0.4, 0.5) is 5.69 Å². The van der Waals surface area contributed by atoms with Gasteiger partial charge >= 0.3 is 0 Å². The van der Waals surface area contributed by atoms with Gasteiger partial charge < -0.3 is 15.0 Å². The van der Waals surface area contributed by atoms with Gasteiger partial charge in [-0.2, -0.15) is 0 Å². The molecule has 0 aliphatic carbocycles. The Morgan fingerprint density at radius 1 is 1.25 bits per heavy atom. The van der Waals surface area contributed by atoms with Crippen molar-refractivity contribution in [1.82, 2.24) is 10.2 Å². The van der Waals surface area contributed by atoms with E-state index in [-0.39, 0.29) is 0 Å². The molecule has 4 heteroatoms. The maximum atomic E-state index is 5.31. The summed E-state index contributed by atoms with van der Waals surface area (Å²) in [6.07, 6.45) is 2.69. The third kappa shape index (κ3) is 3.25. The molecule has 0 amide bonds. The second-order valence-electron chi connectivity index (χ2n) is 5.78. The van der Waals surface area contributed by atoms with Crippen LogP contribution in [-0.4, -0.2) is 57.3 Å². The molecule has 4 nitrogen and oxygen atoms in total. The van der Waals surface area contributed by atoms with Gasteiger partial charge in [-0.1, -0.05) is 6.07 Å². The van der Waals surface area contributed by atoms with Crippen molar-refractivity contribution in [3.05, 3.63) is 24.3 Å². The largest absolute Gasteiger partial charge is 0.497 e. The van der Waals surface area contributed by atoms with Gasteiger partial charge in [-0.15, -0.1) is 0 Å². The Morgan fingerprint density at radius 2 is 2.10 bits per heavy atom. The first kappa shape index (κ1) is 13.7. The van der Waals surface area contributed by atoms with E-state index in [1.807, 2.05) is 6.07 Å². The summed E-state index contributed by atoms with van der Waals surface area (Å²) in [6.45, 7) is 6.96. The zero-order valence-electron chi connectivity index (χ0n) is 12.3. The average molecular weight is 275 g/mol. The Balaban J connectivity index is 1.52. The van der Waals surface area contributed by atoms with E-state index in [0.717, 1.165) is 38.0 Å². The second kappa shape index (κ2) is 6.46. The molecular weight excluding hydrogens is 250 g/mol. The molecule has 20 heavy (non-hydrogen) atoms. The van der Waals surface area contributed by atoms with E-state index in [1.165, 1.54) is 31.6 Å². The lowest BCUT2D eigenvalue weighted by Crippen LogP contribution is -2.49. The van der Waals surface area contributed by atoms with Gasteiger partial charge in [0.1, 0.15) is 5.75 Å². The first-order chi connectivity index (χ1) is 9.85. The lowest BCUT2D eigenvalue weighted by molar-refractivity contribution is 0.236. The monoisotopic (exact) mass is 275 g/mol. The fraction of sp³-hybridized carbons (Fsp3) is 0.625. The van der Waals surface area contributed by atoms with Gasteiger partial charge in [0.05, 0.1) is 7.11 Å². The summed E-state index contributed by atoms with van der Waals surface area (Å²) >= 11 is 0. The molecule has 2 aliphatic heterocycles. The first-order valence-electron chi connectivity index (χ1n) is 7.70. The number of piperazine rings is 1. The minimum atomic E-state index is 0.721. The van der Waals surface area contributed by atoms with E-state index < -0.39 is 0 Å². The molecule has 1 atom stereocenters. The quantitative estimate of drug-likeness (QED) is 0.903. The third-order valence-electron chi connectivity index (χ3n) is 4.43. The standard InChI is InChI=1S/C16H25N3O/c1-20-16-6-2-5-15(12-16)19-10-8-18(9-11-19)13-14-4-3-7-17-14/h2,5-6,12,14,17H,3-4,7-11,13H2,1H3. The van der Waals surface area contributed by atoms with Crippen LogP contribution in [0.5, 0.6) is 5.75 Å². The first-order valence-corrected chi connectivity index (χ1v) is 7.70. The lowest BCUT2D eigenvalue weighted by atomic mass is 10.2. The number of hydrogen-bond donors (Lipinski definition) is 1. The van der Waals surface area contributed by atoms with Crippen LogP contribution in [-0.2, 0) is 0 Å².